The molecule has 5 nitrogen and oxygen atoms in total. The monoisotopic (exact) mass is 298 g/mol. The topological polar surface area (TPSA) is 58.6 Å². The number of nitrogens with zero attached hydrogens (tertiary/aromatic N) is 1. The molecule has 2 rings (SSSR count). The lowest BCUT2D eigenvalue weighted by Gasteiger charge is -2.23. The lowest BCUT2D eigenvalue weighted by molar-refractivity contribution is -0.137. The number of carbonyl (C=O) groups excluding carboxylic acids is 2. The number of unbranched alkanes of at least 4 members (excludes halogenated alkanes) is 2. The summed E-state index contributed by atoms with van der Waals surface area (Å²) in [5, 5.41) is 3.55. The van der Waals surface area contributed by atoms with Crippen molar-refractivity contribution in [2.75, 3.05) is 19.4 Å². The van der Waals surface area contributed by atoms with Gasteiger partial charge in [0, 0.05) is 24.1 Å². The number of hydrogen-bond acceptors (Lipinski definition) is 4. The Kier molecular flexibility index (Phi) is 5.34. The highest BCUT2D eigenvalue weighted by Crippen LogP contribution is 2.36. The number of hydrogen-bond donors (Lipinski definition) is 1. The largest absolute Gasteiger partial charge is 0.463 e. The van der Waals surface area contributed by atoms with Crippen molar-refractivity contribution in [3.8, 4) is 0 Å². The highest BCUT2D eigenvalue weighted by molar-refractivity contribution is 8.00. The predicted molar refractivity (Wildman–Crippen MR) is 79.7 cm³/mol. The first-order valence-corrected chi connectivity index (χ1v) is 8.12. The first-order chi connectivity index (χ1) is 9.63. The van der Waals surface area contributed by atoms with E-state index in [9.17, 15) is 9.59 Å². The number of likely N-dealkylation sites (N-methyl/N-ethyl adjacent to an activating group) is 1. The van der Waals surface area contributed by atoms with Crippen molar-refractivity contribution < 1.29 is 14.3 Å². The number of ether oxygens (including phenoxy) is 1. The fourth-order valence-corrected chi connectivity index (χ4v) is 4.47. The Bertz CT molecular complexity index is 389. The second-order valence-corrected chi connectivity index (χ2v) is 6.52. The number of thioether (sulfide) groups is 1. The molecule has 1 N–H and O–H groups in total. The number of rotatable bonds is 7. The third-order valence-electron chi connectivity index (χ3n) is 3.90. The van der Waals surface area contributed by atoms with Gasteiger partial charge in [0.1, 0.15) is 0 Å². The zero-order valence-electron chi connectivity index (χ0n) is 11.8. The van der Waals surface area contributed by atoms with E-state index in [4.69, 9.17) is 4.74 Å². The molecule has 0 aromatic carbocycles. The van der Waals surface area contributed by atoms with Crippen molar-refractivity contribution in [3.05, 3.63) is 12.7 Å². The maximum Gasteiger partial charge on any atom is 0.330 e. The maximum absolute atomic E-state index is 11.6. The normalized spacial score (nSPS) is 28.1. The molecule has 2 fully saturated rings. The number of carbonyl (C=O) groups is 2. The fourth-order valence-electron chi connectivity index (χ4n) is 2.84. The van der Waals surface area contributed by atoms with Crippen molar-refractivity contribution in [3.63, 3.8) is 0 Å². The van der Waals surface area contributed by atoms with Gasteiger partial charge in [0.05, 0.1) is 18.7 Å². The third kappa shape index (κ3) is 3.48. The average Bonchev–Trinajstić information content (AvgIpc) is 2.95. The molecule has 0 spiro atoms. The summed E-state index contributed by atoms with van der Waals surface area (Å²) in [5.41, 5.74) is 0. The lowest BCUT2D eigenvalue weighted by atomic mass is 10.0. The molecule has 0 aliphatic carbocycles. The Labute approximate surface area is 124 Å². The van der Waals surface area contributed by atoms with Gasteiger partial charge >= 0.3 is 12.0 Å². The van der Waals surface area contributed by atoms with E-state index in [1.807, 2.05) is 23.7 Å². The van der Waals surface area contributed by atoms with Crippen LogP contribution < -0.4 is 5.32 Å². The number of amides is 2. The standard InChI is InChI=1S/C14H22N2O3S/c1-3-12(17)19-8-6-4-5-7-11-13-10(9-20-11)15-14(18)16(13)2/h3,10-11,13H,1,4-9H2,2H3,(H,15,18)/t10-,11?,13-/m0/s1. The number of urea groups is 1. The van der Waals surface area contributed by atoms with Crippen LogP contribution in [0.1, 0.15) is 25.7 Å². The van der Waals surface area contributed by atoms with E-state index < -0.39 is 0 Å². The van der Waals surface area contributed by atoms with Crippen LogP contribution in [-0.2, 0) is 9.53 Å². The first-order valence-electron chi connectivity index (χ1n) is 7.07. The van der Waals surface area contributed by atoms with Crippen LogP contribution in [0.3, 0.4) is 0 Å². The summed E-state index contributed by atoms with van der Waals surface area (Å²) in [5.74, 6) is 0.666. The minimum absolute atomic E-state index is 0.0571. The Morgan fingerprint density at radius 3 is 3.10 bits per heavy atom. The minimum Gasteiger partial charge on any atom is -0.463 e. The van der Waals surface area contributed by atoms with Crippen LogP contribution in [0.15, 0.2) is 12.7 Å². The van der Waals surface area contributed by atoms with Crippen molar-refractivity contribution in [2.45, 2.75) is 43.0 Å². The SMILES string of the molecule is C=CC(=O)OCCCCCC1SC[C@@H]2NC(=O)N(C)[C@H]12. The number of fused-ring (bicyclic) bond motifs is 1. The van der Waals surface area contributed by atoms with E-state index in [0.717, 1.165) is 31.4 Å². The Hall–Kier alpha value is -1.17. The zero-order valence-corrected chi connectivity index (χ0v) is 12.7. The molecular formula is C14H22N2O3S. The molecule has 0 saturated carbocycles. The molecule has 1 unspecified atom stereocenters. The Morgan fingerprint density at radius 1 is 1.55 bits per heavy atom. The van der Waals surface area contributed by atoms with E-state index in [1.165, 1.54) is 6.08 Å². The van der Waals surface area contributed by atoms with Crippen LogP contribution >= 0.6 is 11.8 Å². The number of esters is 1. The Balaban J connectivity index is 1.62. The van der Waals surface area contributed by atoms with Crippen LogP contribution in [0.2, 0.25) is 0 Å². The van der Waals surface area contributed by atoms with E-state index in [0.29, 0.717) is 23.9 Å². The maximum atomic E-state index is 11.6. The van der Waals surface area contributed by atoms with E-state index >= 15 is 0 Å². The van der Waals surface area contributed by atoms with Crippen LogP contribution in [0, 0.1) is 0 Å². The van der Waals surface area contributed by atoms with Gasteiger partial charge in [-0.25, -0.2) is 9.59 Å². The summed E-state index contributed by atoms with van der Waals surface area (Å²) in [6.07, 6.45) is 5.34. The molecule has 0 radical (unpaired) electrons. The van der Waals surface area contributed by atoms with E-state index in [1.54, 1.807) is 0 Å². The second kappa shape index (κ2) is 7.02. The van der Waals surface area contributed by atoms with E-state index in [2.05, 4.69) is 11.9 Å². The zero-order chi connectivity index (χ0) is 14.5. The van der Waals surface area contributed by atoms with Gasteiger partial charge in [0.25, 0.3) is 0 Å². The quantitative estimate of drug-likeness (QED) is 0.337. The molecule has 0 aromatic rings. The summed E-state index contributed by atoms with van der Waals surface area (Å²) < 4.78 is 4.94. The summed E-state index contributed by atoms with van der Waals surface area (Å²) in [6, 6.07) is 0.712. The lowest BCUT2D eigenvalue weighted by Crippen LogP contribution is -2.38. The van der Waals surface area contributed by atoms with Gasteiger partial charge in [-0.05, 0) is 12.8 Å². The van der Waals surface area contributed by atoms with Crippen molar-refractivity contribution in [1.82, 2.24) is 10.2 Å². The van der Waals surface area contributed by atoms with E-state index in [-0.39, 0.29) is 12.0 Å². The highest BCUT2D eigenvalue weighted by Gasteiger charge is 2.46. The molecule has 2 saturated heterocycles. The fraction of sp³-hybridized carbons (Fsp3) is 0.714. The summed E-state index contributed by atoms with van der Waals surface area (Å²) in [6.45, 7) is 3.82. The molecular weight excluding hydrogens is 276 g/mol. The van der Waals surface area contributed by atoms with Crippen molar-refractivity contribution in [2.24, 2.45) is 0 Å². The van der Waals surface area contributed by atoms with Gasteiger partial charge in [0.2, 0.25) is 0 Å². The summed E-state index contributed by atoms with van der Waals surface area (Å²) in [7, 11) is 1.88. The van der Waals surface area contributed by atoms with Crippen LogP contribution in [0.25, 0.3) is 0 Å². The molecule has 2 amide bonds. The van der Waals surface area contributed by atoms with Gasteiger partial charge in [0.15, 0.2) is 0 Å². The molecule has 112 valence electrons. The van der Waals surface area contributed by atoms with Crippen molar-refractivity contribution in [1.29, 1.82) is 0 Å². The molecule has 2 heterocycles. The van der Waals surface area contributed by atoms with Gasteiger partial charge in [-0.15, -0.1) is 0 Å². The smallest absolute Gasteiger partial charge is 0.330 e. The number of nitrogens with one attached hydrogen (secondary N) is 1. The molecule has 2 aliphatic heterocycles. The molecule has 0 aromatic heterocycles. The van der Waals surface area contributed by atoms with Crippen LogP contribution in [-0.4, -0.2) is 53.6 Å². The first kappa shape index (κ1) is 15.2. The van der Waals surface area contributed by atoms with Gasteiger partial charge in [-0.2, -0.15) is 11.8 Å². The Morgan fingerprint density at radius 2 is 2.35 bits per heavy atom. The van der Waals surface area contributed by atoms with Gasteiger partial charge in [-0.1, -0.05) is 19.4 Å². The molecule has 0 bridgehead atoms. The molecule has 20 heavy (non-hydrogen) atoms. The predicted octanol–water partition coefficient (Wildman–Crippen LogP) is 1.78. The molecule has 3 atom stereocenters. The summed E-state index contributed by atoms with van der Waals surface area (Å²) >= 11 is 1.96. The van der Waals surface area contributed by atoms with Gasteiger partial charge in [-0.3, -0.25) is 0 Å². The average molecular weight is 298 g/mol. The van der Waals surface area contributed by atoms with Crippen LogP contribution in [0.4, 0.5) is 4.79 Å². The van der Waals surface area contributed by atoms with Crippen molar-refractivity contribution >= 4 is 23.8 Å². The second-order valence-electron chi connectivity index (χ2n) is 5.25. The summed E-state index contributed by atoms with van der Waals surface area (Å²) in [4.78, 5) is 24.3. The molecule has 2 aliphatic rings. The van der Waals surface area contributed by atoms with Crippen LogP contribution in [0.5, 0.6) is 0 Å². The third-order valence-corrected chi connectivity index (χ3v) is 5.40. The molecule has 6 heteroatoms. The minimum atomic E-state index is -0.351. The highest BCUT2D eigenvalue weighted by atomic mass is 32.2. The van der Waals surface area contributed by atoms with Gasteiger partial charge < -0.3 is 15.0 Å².